The lowest BCUT2D eigenvalue weighted by atomic mass is 10.1. The molecule has 0 unspecified atom stereocenters. The molecule has 0 saturated heterocycles. The molecule has 0 aliphatic heterocycles. The van der Waals surface area contributed by atoms with E-state index in [2.05, 4.69) is 0 Å². The van der Waals surface area contributed by atoms with Crippen molar-refractivity contribution < 1.29 is 27.4 Å². The fraction of sp³-hybridized carbons (Fsp3) is 0.350. The zero-order chi connectivity index (χ0) is 20.2. The van der Waals surface area contributed by atoms with Crippen molar-refractivity contribution in [1.82, 2.24) is 0 Å². The monoisotopic (exact) mass is 400 g/mol. The van der Waals surface area contributed by atoms with E-state index in [1.165, 1.54) is 12.1 Å². The highest BCUT2D eigenvalue weighted by atomic mass is 35.5. The normalized spacial score (nSPS) is 11.4. The van der Waals surface area contributed by atoms with Crippen LogP contribution in [-0.2, 0) is 24.0 Å². The van der Waals surface area contributed by atoms with Gasteiger partial charge < -0.3 is 9.47 Å². The molecule has 2 aromatic carbocycles. The molecule has 0 spiro atoms. The van der Waals surface area contributed by atoms with Gasteiger partial charge in [0.05, 0.1) is 5.56 Å². The van der Waals surface area contributed by atoms with Crippen molar-refractivity contribution in [3.63, 3.8) is 0 Å². The molecule has 2 rings (SSSR count). The molecule has 0 atom stereocenters. The second-order valence-corrected chi connectivity index (χ2v) is 6.37. The van der Waals surface area contributed by atoms with Crippen LogP contribution in [0.5, 0.6) is 11.5 Å². The SMILES string of the molecule is CCC(=O)Oc1cccc(C(F)(F)F)c1COc1cc(Cl)c(CC)cc1C. The average molecular weight is 401 g/mol. The third-order valence-electron chi connectivity index (χ3n) is 4.05. The molecule has 146 valence electrons. The molecule has 0 radical (unpaired) electrons. The summed E-state index contributed by atoms with van der Waals surface area (Å²) in [4.78, 5) is 11.6. The van der Waals surface area contributed by atoms with Crippen LogP contribution in [0.2, 0.25) is 5.02 Å². The van der Waals surface area contributed by atoms with Crippen LogP contribution in [0.1, 0.15) is 42.5 Å². The molecular formula is C20H20ClF3O3. The summed E-state index contributed by atoms with van der Waals surface area (Å²) in [5.41, 5.74) is 0.544. The van der Waals surface area contributed by atoms with E-state index in [0.29, 0.717) is 10.8 Å². The summed E-state index contributed by atoms with van der Waals surface area (Å²) in [5, 5.41) is 0.486. The van der Waals surface area contributed by atoms with E-state index in [1.807, 2.05) is 13.0 Å². The predicted molar refractivity (Wildman–Crippen MR) is 97.3 cm³/mol. The number of ether oxygens (including phenoxy) is 2. The minimum atomic E-state index is -4.61. The van der Waals surface area contributed by atoms with Crippen LogP contribution in [-0.4, -0.2) is 5.97 Å². The molecule has 7 heteroatoms. The van der Waals surface area contributed by atoms with Gasteiger partial charge in [-0.3, -0.25) is 4.79 Å². The van der Waals surface area contributed by atoms with Crippen LogP contribution in [0.25, 0.3) is 0 Å². The van der Waals surface area contributed by atoms with Crippen LogP contribution in [0.3, 0.4) is 0 Å². The van der Waals surface area contributed by atoms with Gasteiger partial charge in [0.15, 0.2) is 0 Å². The van der Waals surface area contributed by atoms with Gasteiger partial charge in [-0.25, -0.2) is 0 Å². The number of esters is 1. The minimum Gasteiger partial charge on any atom is -0.488 e. The van der Waals surface area contributed by atoms with E-state index in [1.54, 1.807) is 19.9 Å². The Morgan fingerprint density at radius 3 is 2.44 bits per heavy atom. The smallest absolute Gasteiger partial charge is 0.416 e. The van der Waals surface area contributed by atoms with Gasteiger partial charge in [0.2, 0.25) is 0 Å². The topological polar surface area (TPSA) is 35.5 Å². The van der Waals surface area contributed by atoms with Crippen molar-refractivity contribution >= 4 is 17.6 Å². The molecule has 0 saturated carbocycles. The molecule has 0 amide bonds. The number of hydrogen-bond donors (Lipinski definition) is 0. The Kier molecular flexibility index (Phi) is 6.76. The molecule has 27 heavy (non-hydrogen) atoms. The second kappa shape index (κ2) is 8.65. The second-order valence-electron chi connectivity index (χ2n) is 5.96. The van der Waals surface area contributed by atoms with Crippen LogP contribution in [0.4, 0.5) is 13.2 Å². The van der Waals surface area contributed by atoms with Crippen LogP contribution < -0.4 is 9.47 Å². The van der Waals surface area contributed by atoms with E-state index >= 15 is 0 Å². The highest BCUT2D eigenvalue weighted by molar-refractivity contribution is 6.31. The number of aryl methyl sites for hydroxylation is 2. The van der Waals surface area contributed by atoms with Crippen molar-refractivity contribution in [2.75, 3.05) is 0 Å². The first-order valence-corrected chi connectivity index (χ1v) is 8.86. The largest absolute Gasteiger partial charge is 0.488 e. The van der Waals surface area contributed by atoms with E-state index < -0.39 is 24.3 Å². The van der Waals surface area contributed by atoms with Gasteiger partial charge >= 0.3 is 12.1 Å². The third-order valence-corrected chi connectivity index (χ3v) is 4.40. The Morgan fingerprint density at radius 1 is 1.15 bits per heavy atom. The number of hydrogen-bond acceptors (Lipinski definition) is 3. The Labute approximate surface area is 161 Å². The van der Waals surface area contributed by atoms with Crippen molar-refractivity contribution in [2.24, 2.45) is 0 Å². The standard InChI is InChI=1S/C20H20ClF3O3/c1-4-13-9-12(3)18(10-16(13)21)26-11-14-15(20(22,23)24)7-6-8-17(14)27-19(25)5-2/h6-10H,4-5,11H2,1-3H3. The summed E-state index contributed by atoms with van der Waals surface area (Å²) in [6.07, 6.45) is -3.83. The van der Waals surface area contributed by atoms with Crippen molar-refractivity contribution in [1.29, 1.82) is 0 Å². The molecule has 0 heterocycles. The molecule has 3 nitrogen and oxygen atoms in total. The quantitative estimate of drug-likeness (QED) is 0.432. The Balaban J connectivity index is 2.39. The first-order valence-electron chi connectivity index (χ1n) is 8.48. The van der Waals surface area contributed by atoms with Crippen molar-refractivity contribution in [3.05, 3.63) is 57.6 Å². The van der Waals surface area contributed by atoms with Gasteiger partial charge in [-0.2, -0.15) is 13.2 Å². The van der Waals surface area contributed by atoms with Gasteiger partial charge in [0, 0.05) is 17.0 Å². The maximum absolute atomic E-state index is 13.4. The zero-order valence-corrected chi connectivity index (χ0v) is 16.0. The van der Waals surface area contributed by atoms with Gasteiger partial charge in [-0.15, -0.1) is 0 Å². The predicted octanol–water partition coefficient (Wildman–Crippen LogP) is 6.12. The van der Waals surface area contributed by atoms with Crippen LogP contribution in [0.15, 0.2) is 30.3 Å². The minimum absolute atomic E-state index is 0.0454. The summed E-state index contributed by atoms with van der Waals surface area (Å²) in [6, 6.07) is 6.88. The fourth-order valence-corrected chi connectivity index (χ4v) is 2.86. The summed E-state index contributed by atoms with van der Waals surface area (Å²) in [7, 11) is 0. The molecule has 0 aliphatic rings. The maximum Gasteiger partial charge on any atom is 0.416 e. The first-order chi connectivity index (χ1) is 12.7. The number of rotatable bonds is 6. The molecule has 0 aliphatic carbocycles. The summed E-state index contributed by atoms with van der Waals surface area (Å²) in [6.45, 7) is 4.89. The molecule has 0 fully saturated rings. The number of carbonyl (C=O) groups excluding carboxylic acids is 1. The molecule has 0 bridgehead atoms. The molecule has 0 N–H and O–H groups in total. The number of benzene rings is 2. The Bertz CT molecular complexity index is 832. The summed E-state index contributed by atoms with van der Waals surface area (Å²) < 4.78 is 50.9. The first kappa shape index (κ1) is 21.1. The van der Waals surface area contributed by atoms with Gasteiger partial charge in [-0.05, 0) is 42.7 Å². The van der Waals surface area contributed by atoms with E-state index in [0.717, 1.165) is 23.6 Å². The number of halogens is 4. The van der Waals surface area contributed by atoms with Crippen molar-refractivity contribution in [2.45, 2.75) is 46.4 Å². The highest BCUT2D eigenvalue weighted by Crippen LogP contribution is 2.37. The van der Waals surface area contributed by atoms with Gasteiger partial charge in [0.1, 0.15) is 18.1 Å². The Morgan fingerprint density at radius 2 is 1.85 bits per heavy atom. The lowest BCUT2D eigenvalue weighted by molar-refractivity contribution is -0.140. The molecule has 0 aromatic heterocycles. The number of alkyl halides is 3. The highest BCUT2D eigenvalue weighted by Gasteiger charge is 2.35. The van der Waals surface area contributed by atoms with Gasteiger partial charge in [-0.1, -0.05) is 37.6 Å². The van der Waals surface area contributed by atoms with Crippen LogP contribution >= 0.6 is 11.6 Å². The summed E-state index contributed by atoms with van der Waals surface area (Å²) >= 11 is 6.18. The van der Waals surface area contributed by atoms with Crippen LogP contribution in [0, 0.1) is 6.92 Å². The average Bonchev–Trinajstić information content (AvgIpc) is 2.61. The third kappa shape index (κ3) is 5.16. The van der Waals surface area contributed by atoms with E-state index in [9.17, 15) is 18.0 Å². The lowest BCUT2D eigenvalue weighted by Gasteiger charge is -2.18. The number of carbonyl (C=O) groups is 1. The lowest BCUT2D eigenvalue weighted by Crippen LogP contribution is -2.15. The zero-order valence-electron chi connectivity index (χ0n) is 15.2. The van der Waals surface area contributed by atoms with Crippen molar-refractivity contribution in [3.8, 4) is 11.5 Å². The summed E-state index contributed by atoms with van der Waals surface area (Å²) in [5.74, 6) is -0.408. The maximum atomic E-state index is 13.4. The Hall–Kier alpha value is -2.21. The molecule has 2 aromatic rings. The fourth-order valence-electron chi connectivity index (χ4n) is 2.57. The van der Waals surface area contributed by atoms with E-state index in [-0.39, 0.29) is 17.7 Å². The van der Waals surface area contributed by atoms with Gasteiger partial charge in [0.25, 0.3) is 0 Å². The van der Waals surface area contributed by atoms with E-state index in [4.69, 9.17) is 21.1 Å². The molecular weight excluding hydrogens is 381 g/mol.